The molecule has 2 amide bonds. The van der Waals surface area contributed by atoms with Crippen molar-refractivity contribution in [3.63, 3.8) is 0 Å². The van der Waals surface area contributed by atoms with Crippen molar-refractivity contribution in [1.82, 2.24) is 4.90 Å². The van der Waals surface area contributed by atoms with Crippen molar-refractivity contribution in [3.05, 3.63) is 59.4 Å². The van der Waals surface area contributed by atoms with Gasteiger partial charge in [0.2, 0.25) is 0 Å². The lowest BCUT2D eigenvalue weighted by atomic mass is 9.97. The van der Waals surface area contributed by atoms with E-state index in [0.717, 1.165) is 38.0 Å². The van der Waals surface area contributed by atoms with E-state index in [2.05, 4.69) is 17.1 Å². The SMILES string of the molecule is CCN1c2cc(C(=O)Nc3ccc(F)cc3)ccc2C(=O)N2CCCCC21. The lowest BCUT2D eigenvalue weighted by Gasteiger charge is -2.47. The van der Waals surface area contributed by atoms with Gasteiger partial charge >= 0.3 is 0 Å². The van der Waals surface area contributed by atoms with Crippen LogP contribution in [0.2, 0.25) is 0 Å². The number of anilines is 2. The topological polar surface area (TPSA) is 52.7 Å². The van der Waals surface area contributed by atoms with Crippen molar-refractivity contribution in [2.24, 2.45) is 0 Å². The number of hydrogen-bond acceptors (Lipinski definition) is 3. The van der Waals surface area contributed by atoms with Crippen LogP contribution in [-0.4, -0.2) is 36.0 Å². The lowest BCUT2D eigenvalue weighted by molar-refractivity contribution is 0.0582. The maximum Gasteiger partial charge on any atom is 0.257 e. The summed E-state index contributed by atoms with van der Waals surface area (Å²) in [5.41, 5.74) is 2.47. The molecule has 2 aromatic carbocycles. The minimum Gasteiger partial charge on any atom is -0.351 e. The Hall–Kier alpha value is -2.89. The van der Waals surface area contributed by atoms with Gasteiger partial charge in [-0.1, -0.05) is 0 Å². The highest BCUT2D eigenvalue weighted by atomic mass is 19.1. The highest BCUT2D eigenvalue weighted by Gasteiger charge is 2.38. The monoisotopic (exact) mass is 367 g/mol. The average molecular weight is 367 g/mol. The zero-order valence-corrected chi connectivity index (χ0v) is 15.2. The van der Waals surface area contributed by atoms with Crippen LogP contribution in [0.25, 0.3) is 0 Å². The van der Waals surface area contributed by atoms with Gasteiger partial charge in [0.25, 0.3) is 11.8 Å². The minimum absolute atomic E-state index is 0.0462. The Labute approximate surface area is 157 Å². The summed E-state index contributed by atoms with van der Waals surface area (Å²) in [6.45, 7) is 3.62. The molecule has 6 heteroatoms. The summed E-state index contributed by atoms with van der Waals surface area (Å²) < 4.78 is 13.0. The van der Waals surface area contributed by atoms with Crippen molar-refractivity contribution in [2.45, 2.75) is 32.4 Å². The smallest absolute Gasteiger partial charge is 0.257 e. The molecular formula is C21H22FN3O2. The molecule has 140 valence electrons. The van der Waals surface area contributed by atoms with Gasteiger partial charge in [-0.2, -0.15) is 0 Å². The molecule has 1 saturated heterocycles. The fraction of sp³-hybridized carbons (Fsp3) is 0.333. The number of halogens is 1. The summed E-state index contributed by atoms with van der Waals surface area (Å²) in [5.74, 6) is -0.584. The van der Waals surface area contributed by atoms with Crippen molar-refractivity contribution in [3.8, 4) is 0 Å². The number of carbonyl (C=O) groups excluding carboxylic acids is 2. The summed E-state index contributed by atoms with van der Waals surface area (Å²) in [7, 11) is 0. The second-order valence-electron chi connectivity index (χ2n) is 6.95. The first-order valence-electron chi connectivity index (χ1n) is 9.37. The van der Waals surface area contributed by atoms with Crippen molar-refractivity contribution < 1.29 is 14.0 Å². The summed E-state index contributed by atoms with van der Waals surface area (Å²) in [6.07, 6.45) is 3.16. The fourth-order valence-corrected chi connectivity index (χ4v) is 4.00. The number of fused-ring (bicyclic) bond motifs is 2. The van der Waals surface area contributed by atoms with E-state index in [0.29, 0.717) is 16.8 Å². The molecule has 2 aliphatic heterocycles. The Morgan fingerprint density at radius 2 is 1.96 bits per heavy atom. The largest absolute Gasteiger partial charge is 0.351 e. The zero-order chi connectivity index (χ0) is 19.0. The molecule has 1 unspecified atom stereocenters. The van der Waals surface area contributed by atoms with Crippen LogP contribution in [0.15, 0.2) is 42.5 Å². The molecule has 1 N–H and O–H groups in total. The average Bonchev–Trinajstić information content (AvgIpc) is 2.70. The van der Waals surface area contributed by atoms with Gasteiger partial charge in [0, 0.05) is 24.3 Å². The Balaban J connectivity index is 1.65. The Morgan fingerprint density at radius 1 is 1.19 bits per heavy atom. The standard InChI is InChI=1S/C21H22FN3O2/c1-2-24-18-13-14(20(26)23-16-9-7-15(22)8-10-16)6-11-17(18)21(27)25-12-4-3-5-19(24)25/h6-11,13,19H,2-5,12H2,1H3,(H,23,26). The molecule has 0 saturated carbocycles. The van der Waals surface area contributed by atoms with Gasteiger partial charge in [0.05, 0.1) is 11.3 Å². The summed E-state index contributed by atoms with van der Waals surface area (Å²) in [6, 6.07) is 10.9. The third-order valence-electron chi connectivity index (χ3n) is 5.33. The van der Waals surface area contributed by atoms with Crippen LogP contribution in [0.5, 0.6) is 0 Å². The molecule has 0 bridgehead atoms. The van der Waals surface area contributed by atoms with Gasteiger partial charge in [-0.05, 0) is 68.7 Å². The van der Waals surface area contributed by atoms with Crippen LogP contribution in [-0.2, 0) is 0 Å². The highest BCUT2D eigenvalue weighted by molar-refractivity contribution is 6.08. The first kappa shape index (κ1) is 17.5. The number of benzene rings is 2. The van der Waals surface area contributed by atoms with Crippen LogP contribution in [0, 0.1) is 5.82 Å². The zero-order valence-electron chi connectivity index (χ0n) is 15.2. The molecule has 2 aliphatic rings. The summed E-state index contributed by atoms with van der Waals surface area (Å²) >= 11 is 0. The van der Waals surface area contributed by atoms with Crippen molar-refractivity contribution in [2.75, 3.05) is 23.3 Å². The molecule has 4 rings (SSSR count). The first-order valence-corrected chi connectivity index (χ1v) is 9.37. The third-order valence-corrected chi connectivity index (χ3v) is 5.33. The van der Waals surface area contributed by atoms with Gasteiger partial charge in [-0.15, -0.1) is 0 Å². The van der Waals surface area contributed by atoms with E-state index in [1.165, 1.54) is 24.3 Å². The maximum atomic E-state index is 13.0. The van der Waals surface area contributed by atoms with Crippen LogP contribution in [0.3, 0.4) is 0 Å². The van der Waals surface area contributed by atoms with E-state index in [-0.39, 0.29) is 23.8 Å². The second-order valence-corrected chi connectivity index (χ2v) is 6.95. The molecule has 2 heterocycles. The minimum atomic E-state index is -0.351. The number of rotatable bonds is 3. The fourth-order valence-electron chi connectivity index (χ4n) is 4.00. The molecule has 1 fully saturated rings. The predicted octanol–water partition coefficient (Wildman–Crippen LogP) is 3.87. The highest BCUT2D eigenvalue weighted by Crippen LogP contribution is 2.35. The third kappa shape index (κ3) is 3.16. The molecule has 1 atom stereocenters. The number of carbonyl (C=O) groups is 2. The first-order chi connectivity index (χ1) is 13.1. The molecule has 0 aromatic heterocycles. The van der Waals surface area contributed by atoms with E-state index in [1.807, 2.05) is 4.90 Å². The summed E-state index contributed by atoms with van der Waals surface area (Å²) in [4.78, 5) is 29.7. The molecule has 2 aromatic rings. The van der Waals surface area contributed by atoms with Crippen LogP contribution >= 0.6 is 0 Å². The number of amides is 2. The molecule has 5 nitrogen and oxygen atoms in total. The number of nitrogens with zero attached hydrogens (tertiary/aromatic N) is 2. The van der Waals surface area contributed by atoms with E-state index in [4.69, 9.17) is 0 Å². The van der Waals surface area contributed by atoms with Gasteiger partial charge < -0.3 is 15.1 Å². The van der Waals surface area contributed by atoms with Crippen LogP contribution in [0.1, 0.15) is 46.9 Å². The van der Waals surface area contributed by atoms with Gasteiger partial charge in [0.1, 0.15) is 12.0 Å². The van der Waals surface area contributed by atoms with E-state index in [1.54, 1.807) is 18.2 Å². The predicted molar refractivity (Wildman–Crippen MR) is 102 cm³/mol. The molecule has 0 aliphatic carbocycles. The normalized spacial score (nSPS) is 18.7. The Kier molecular flexibility index (Phi) is 4.56. The molecular weight excluding hydrogens is 345 g/mol. The van der Waals surface area contributed by atoms with Gasteiger partial charge in [-0.3, -0.25) is 9.59 Å². The molecule has 0 radical (unpaired) electrons. The molecule has 0 spiro atoms. The van der Waals surface area contributed by atoms with Crippen LogP contribution < -0.4 is 10.2 Å². The number of hydrogen-bond donors (Lipinski definition) is 1. The second kappa shape index (κ2) is 7.02. The Bertz CT molecular complexity index is 881. The van der Waals surface area contributed by atoms with Crippen molar-refractivity contribution in [1.29, 1.82) is 0 Å². The van der Waals surface area contributed by atoms with Crippen LogP contribution in [0.4, 0.5) is 15.8 Å². The number of nitrogens with one attached hydrogen (secondary N) is 1. The van der Waals surface area contributed by atoms with E-state index < -0.39 is 0 Å². The molecule has 27 heavy (non-hydrogen) atoms. The lowest BCUT2D eigenvalue weighted by Crippen LogP contribution is -2.57. The van der Waals surface area contributed by atoms with Crippen molar-refractivity contribution >= 4 is 23.2 Å². The van der Waals surface area contributed by atoms with Gasteiger partial charge in [0.15, 0.2) is 0 Å². The summed E-state index contributed by atoms with van der Waals surface area (Å²) in [5, 5.41) is 2.77. The number of piperidine rings is 1. The maximum absolute atomic E-state index is 13.0. The Morgan fingerprint density at radius 3 is 2.70 bits per heavy atom. The van der Waals surface area contributed by atoms with Gasteiger partial charge in [-0.25, -0.2) is 4.39 Å². The van der Waals surface area contributed by atoms with E-state index in [9.17, 15) is 14.0 Å². The quantitative estimate of drug-likeness (QED) is 0.896. The van der Waals surface area contributed by atoms with E-state index >= 15 is 0 Å².